The third-order valence-corrected chi connectivity index (χ3v) is 3.72. The van der Waals surface area contributed by atoms with Gasteiger partial charge in [0.15, 0.2) is 0 Å². The fraction of sp³-hybridized carbons (Fsp3) is 0.667. The van der Waals surface area contributed by atoms with Crippen molar-refractivity contribution in [1.82, 2.24) is 15.1 Å². The van der Waals surface area contributed by atoms with Crippen LogP contribution in [0.25, 0.3) is 0 Å². The molecule has 9 heteroatoms. The van der Waals surface area contributed by atoms with Crippen molar-refractivity contribution >= 4 is 17.3 Å². The number of anilines is 1. The Hall–Kier alpha value is -1.28. The zero-order chi connectivity index (χ0) is 15.8. The number of rotatable bonds is 2. The largest absolute Gasteiger partial charge is 0.408 e. The molecule has 1 fully saturated rings. The summed E-state index contributed by atoms with van der Waals surface area (Å²) in [7, 11) is 0. The zero-order valence-electron chi connectivity index (χ0n) is 11.6. The Balaban J connectivity index is 2.34. The van der Waals surface area contributed by atoms with E-state index >= 15 is 0 Å². The SMILES string of the molecule is CC1CN(c2cnn(CC(F)(F)F)c(=O)c2Cl)C(C)CN1. The third-order valence-electron chi connectivity index (χ3n) is 3.37. The summed E-state index contributed by atoms with van der Waals surface area (Å²) in [6.07, 6.45) is -3.29. The molecule has 0 aliphatic carbocycles. The molecule has 0 aromatic carbocycles. The van der Waals surface area contributed by atoms with E-state index in [4.69, 9.17) is 11.6 Å². The number of hydrogen-bond acceptors (Lipinski definition) is 4. The molecule has 5 nitrogen and oxygen atoms in total. The molecule has 0 radical (unpaired) electrons. The second kappa shape index (κ2) is 5.84. The number of alkyl halides is 3. The van der Waals surface area contributed by atoms with Crippen molar-refractivity contribution in [2.45, 2.75) is 38.7 Å². The molecule has 2 unspecified atom stereocenters. The number of nitrogens with one attached hydrogen (secondary N) is 1. The molecule has 2 rings (SSSR count). The molecule has 118 valence electrons. The first-order valence-electron chi connectivity index (χ1n) is 6.51. The molecule has 0 saturated carbocycles. The van der Waals surface area contributed by atoms with E-state index in [0.717, 1.165) is 0 Å². The summed E-state index contributed by atoms with van der Waals surface area (Å²) in [6, 6.07) is 0.258. The smallest absolute Gasteiger partial charge is 0.363 e. The summed E-state index contributed by atoms with van der Waals surface area (Å²) >= 11 is 5.97. The van der Waals surface area contributed by atoms with Gasteiger partial charge < -0.3 is 10.2 Å². The second-order valence-corrected chi connectivity index (χ2v) is 5.61. The number of halogens is 4. The predicted octanol–water partition coefficient (Wildman–Crippen LogP) is 1.65. The van der Waals surface area contributed by atoms with Crippen LogP contribution in [0.3, 0.4) is 0 Å². The van der Waals surface area contributed by atoms with Gasteiger partial charge in [0, 0.05) is 25.2 Å². The van der Waals surface area contributed by atoms with E-state index < -0.39 is 18.3 Å². The van der Waals surface area contributed by atoms with Gasteiger partial charge in [-0.15, -0.1) is 0 Å². The third kappa shape index (κ3) is 3.68. The Bertz CT molecular complexity index is 575. The highest BCUT2D eigenvalue weighted by atomic mass is 35.5. The highest BCUT2D eigenvalue weighted by Crippen LogP contribution is 2.25. The van der Waals surface area contributed by atoms with Crippen molar-refractivity contribution in [1.29, 1.82) is 0 Å². The van der Waals surface area contributed by atoms with E-state index in [1.165, 1.54) is 6.20 Å². The van der Waals surface area contributed by atoms with Crippen LogP contribution in [-0.4, -0.2) is 41.1 Å². The molecule has 0 spiro atoms. The summed E-state index contributed by atoms with van der Waals surface area (Å²) in [5.41, 5.74) is -0.550. The maximum absolute atomic E-state index is 12.4. The predicted molar refractivity (Wildman–Crippen MR) is 73.8 cm³/mol. The monoisotopic (exact) mass is 324 g/mol. The molecule has 2 heterocycles. The first-order valence-corrected chi connectivity index (χ1v) is 6.89. The average Bonchev–Trinajstić information content (AvgIpc) is 2.37. The van der Waals surface area contributed by atoms with Crippen molar-refractivity contribution in [3.8, 4) is 0 Å². The lowest BCUT2D eigenvalue weighted by atomic mass is 10.1. The van der Waals surface area contributed by atoms with Crippen LogP contribution in [0.15, 0.2) is 11.0 Å². The number of hydrogen-bond donors (Lipinski definition) is 1. The first kappa shape index (κ1) is 16.1. The van der Waals surface area contributed by atoms with Crippen molar-refractivity contribution in [3.63, 3.8) is 0 Å². The Morgan fingerprint density at radius 3 is 2.76 bits per heavy atom. The van der Waals surface area contributed by atoms with E-state index in [9.17, 15) is 18.0 Å². The Labute approximate surface area is 124 Å². The summed E-state index contributed by atoms with van der Waals surface area (Å²) in [6.45, 7) is 3.77. The number of piperazine rings is 1. The van der Waals surface area contributed by atoms with E-state index in [1.54, 1.807) is 0 Å². The van der Waals surface area contributed by atoms with E-state index in [2.05, 4.69) is 10.4 Å². The molecule has 1 aromatic heterocycles. The summed E-state index contributed by atoms with van der Waals surface area (Å²) in [5, 5.41) is 6.64. The van der Waals surface area contributed by atoms with Gasteiger partial charge >= 0.3 is 6.18 Å². The molecular weight excluding hydrogens is 309 g/mol. The highest BCUT2D eigenvalue weighted by Gasteiger charge is 2.31. The van der Waals surface area contributed by atoms with Crippen molar-refractivity contribution < 1.29 is 13.2 Å². The number of nitrogens with zero attached hydrogens (tertiary/aromatic N) is 3. The van der Waals surface area contributed by atoms with Gasteiger partial charge in [-0.2, -0.15) is 18.3 Å². The average molecular weight is 325 g/mol. The van der Waals surface area contributed by atoms with Crippen molar-refractivity contribution in [2.75, 3.05) is 18.0 Å². The molecule has 0 bridgehead atoms. The minimum absolute atomic E-state index is 0.0679. The normalized spacial score (nSPS) is 23.4. The fourth-order valence-electron chi connectivity index (χ4n) is 2.30. The van der Waals surface area contributed by atoms with Gasteiger partial charge in [-0.1, -0.05) is 11.6 Å². The standard InChI is InChI=1S/C12H16ClF3N4O/c1-7-5-19(8(2)3-17-7)9-4-18-20(6-12(14,15)16)11(21)10(9)13/h4,7-8,17H,3,5-6H2,1-2H3. The Kier molecular flexibility index (Phi) is 4.48. The molecule has 21 heavy (non-hydrogen) atoms. The maximum Gasteiger partial charge on any atom is 0.408 e. The van der Waals surface area contributed by atoms with Gasteiger partial charge in [0.25, 0.3) is 5.56 Å². The molecule has 1 saturated heterocycles. The first-order chi connectivity index (χ1) is 9.69. The summed E-state index contributed by atoms with van der Waals surface area (Å²) < 4.78 is 37.4. The van der Waals surface area contributed by atoms with Gasteiger partial charge in [-0.05, 0) is 13.8 Å². The van der Waals surface area contributed by atoms with Crippen LogP contribution in [0.1, 0.15) is 13.8 Å². The molecule has 2 atom stereocenters. The maximum atomic E-state index is 12.4. The number of aromatic nitrogens is 2. The van der Waals surface area contributed by atoms with Gasteiger partial charge in [-0.25, -0.2) is 4.68 Å². The van der Waals surface area contributed by atoms with Crippen LogP contribution in [0.2, 0.25) is 5.02 Å². The van der Waals surface area contributed by atoms with Crippen LogP contribution in [-0.2, 0) is 6.54 Å². The lowest BCUT2D eigenvalue weighted by molar-refractivity contribution is -0.143. The minimum atomic E-state index is -4.52. The zero-order valence-corrected chi connectivity index (χ0v) is 12.4. The molecule has 1 N–H and O–H groups in total. The van der Waals surface area contributed by atoms with E-state index in [1.807, 2.05) is 18.7 Å². The molecule has 0 amide bonds. The van der Waals surface area contributed by atoms with Gasteiger partial charge in [0.1, 0.15) is 11.6 Å². The van der Waals surface area contributed by atoms with Gasteiger partial charge in [0.2, 0.25) is 0 Å². The van der Waals surface area contributed by atoms with Crippen LogP contribution in [0.4, 0.5) is 18.9 Å². The molecule has 1 aliphatic rings. The van der Waals surface area contributed by atoms with E-state index in [0.29, 0.717) is 23.5 Å². The summed E-state index contributed by atoms with van der Waals surface area (Å²) in [4.78, 5) is 13.8. The van der Waals surface area contributed by atoms with Crippen molar-refractivity contribution in [2.24, 2.45) is 0 Å². The quantitative estimate of drug-likeness (QED) is 0.898. The second-order valence-electron chi connectivity index (χ2n) is 5.23. The summed E-state index contributed by atoms with van der Waals surface area (Å²) in [5.74, 6) is 0. The fourth-order valence-corrected chi connectivity index (χ4v) is 2.55. The van der Waals surface area contributed by atoms with Crippen LogP contribution < -0.4 is 15.8 Å². The van der Waals surface area contributed by atoms with Crippen LogP contribution >= 0.6 is 11.6 Å². The van der Waals surface area contributed by atoms with Crippen LogP contribution in [0, 0.1) is 0 Å². The lowest BCUT2D eigenvalue weighted by Gasteiger charge is -2.39. The molecule has 1 aliphatic heterocycles. The van der Waals surface area contributed by atoms with Gasteiger partial charge in [-0.3, -0.25) is 4.79 Å². The molecular formula is C12H16ClF3N4O. The minimum Gasteiger partial charge on any atom is -0.363 e. The highest BCUT2D eigenvalue weighted by molar-refractivity contribution is 6.33. The lowest BCUT2D eigenvalue weighted by Crippen LogP contribution is -2.55. The Morgan fingerprint density at radius 2 is 2.14 bits per heavy atom. The molecule has 1 aromatic rings. The Morgan fingerprint density at radius 1 is 1.48 bits per heavy atom. The van der Waals surface area contributed by atoms with Gasteiger partial charge in [0.05, 0.1) is 11.9 Å². The topological polar surface area (TPSA) is 50.2 Å². The van der Waals surface area contributed by atoms with Crippen LogP contribution in [0.5, 0.6) is 0 Å². The van der Waals surface area contributed by atoms with Crippen molar-refractivity contribution in [3.05, 3.63) is 21.6 Å². The van der Waals surface area contributed by atoms with E-state index in [-0.39, 0.29) is 17.1 Å².